The zero-order chi connectivity index (χ0) is 17.7. The van der Waals surface area contributed by atoms with Crippen LogP contribution < -0.4 is 5.32 Å². The van der Waals surface area contributed by atoms with Crippen molar-refractivity contribution in [1.29, 1.82) is 0 Å². The van der Waals surface area contributed by atoms with E-state index in [1.54, 1.807) is 6.92 Å². The van der Waals surface area contributed by atoms with Crippen LogP contribution in [0, 0.1) is 17.5 Å². The van der Waals surface area contributed by atoms with Crippen LogP contribution in [-0.4, -0.2) is 17.1 Å². The molecule has 0 saturated carbocycles. The van der Waals surface area contributed by atoms with Crippen molar-refractivity contribution in [2.75, 3.05) is 0 Å². The predicted octanol–water partition coefficient (Wildman–Crippen LogP) is 3.27. The van der Waals surface area contributed by atoms with Crippen LogP contribution in [0.4, 0.5) is 13.2 Å². The van der Waals surface area contributed by atoms with E-state index in [1.165, 1.54) is 24.3 Å². The first-order valence-corrected chi connectivity index (χ1v) is 7.52. The van der Waals surface area contributed by atoms with E-state index in [-0.39, 0.29) is 18.4 Å². The van der Waals surface area contributed by atoms with Crippen LogP contribution in [0.25, 0.3) is 0 Å². The fourth-order valence-corrected chi connectivity index (χ4v) is 2.39. The molecule has 2 rings (SSSR count). The standard InChI is InChI=1S/C18H18F3NO2/c1-11(8-17(23)12-2-4-14(19)5-3-12)22-18(24)10-13-9-15(20)6-7-16(13)21/h2-7,9,11,17,23H,8,10H2,1H3,(H,22,24). The highest BCUT2D eigenvalue weighted by Crippen LogP contribution is 2.19. The Kier molecular flexibility index (Phi) is 5.98. The molecular weight excluding hydrogens is 319 g/mol. The first kappa shape index (κ1) is 18.0. The number of aliphatic hydroxyl groups excluding tert-OH is 1. The molecule has 0 fully saturated rings. The predicted molar refractivity (Wildman–Crippen MR) is 83.6 cm³/mol. The van der Waals surface area contributed by atoms with E-state index < -0.39 is 35.5 Å². The van der Waals surface area contributed by atoms with E-state index >= 15 is 0 Å². The Morgan fingerprint density at radius 2 is 1.71 bits per heavy atom. The van der Waals surface area contributed by atoms with Gasteiger partial charge in [-0.2, -0.15) is 0 Å². The Hall–Kier alpha value is -2.34. The minimum absolute atomic E-state index is 0.0289. The summed E-state index contributed by atoms with van der Waals surface area (Å²) in [5.74, 6) is -2.13. The number of carbonyl (C=O) groups excluding carboxylic acids is 1. The van der Waals surface area contributed by atoms with E-state index in [4.69, 9.17) is 0 Å². The summed E-state index contributed by atoms with van der Waals surface area (Å²) in [6.45, 7) is 1.69. The van der Waals surface area contributed by atoms with Gasteiger partial charge in [-0.3, -0.25) is 4.79 Å². The Morgan fingerprint density at radius 1 is 1.08 bits per heavy atom. The number of rotatable bonds is 6. The van der Waals surface area contributed by atoms with Gasteiger partial charge in [-0.05, 0) is 49.2 Å². The van der Waals surface area contributed by atoms with E-state index in [9.17, 15) is 23.1 Å². The second kappa shape index (κ2) is 7.97. The minimum Gasteiger partial charge on any atom is -0.388 e. The summed E-state index contributed by atoms with van der Waals surface area (Å²) in [7, 11) is 0. The van der Waals surface area contributed by atoms with Gasteiger partial charge in [0.2, 0.25) is 5.91 Å². The third kappa shape index (κ3) is 5.09. The first-order valence-electron chi connectivity index (χ1n) is 7.52. The third-order valence-electron chi connectivity index (χ3n) is 3.60. The Bertz CT molecular complexity index is 704. The number of hydrogen-bond donors (Lipinski definition) is 2. The van der Waals surface area contributed by atoms with Gasteiger partial charge in [0.05, 0.1) is 12.5 Å². The van der Waals surface area contributed by atoms with Crippen LogP contribution in [0.15, 0.2) is 42.5 Å². The molecule has 0 bridgehead atoms. The van der Waals surface area contributed by atoms with Crippen molar-refractivity contribution in [1.82, 2.24) is 5.32 Å². The van der Waals surface area contributed by atoms with Gasteiger partial charge in [-0.15, -0.1) is 0 Å². The summed E-state index contributed by atoms with van der Waals surface area (Å²) < 4.78 is 39.5. The van der Waals surface area contributed by atoms with Crippen LogP contribution in [0.1, 0.15) is 30.6 Å². The average molecular weight is 337 g/mol. The Balaban J connectivity index is 1.89. The van der Waals surface area contributed by atoms with Crippen molar-refractivity contribution in [2.24, 2.45) is 0 Å². The molecule has 2 atom stereocenters. The molecule has 0 aliphatic heterocycles. The number of benzene rings is 2. The monoisotopic (exact) mass is 337 g/mol. The first-order chi connectivity index (χ1) is 11.3. The quantitative estimate of drug-likeness (QED) is 0.850. The fourth-order valence-electron chi connectivity index (χ4n) is 2.39. The number of amides is 1. The molecule has 2 aromatic rings. The van der Waals surface area contributed by atoms with Gasteiger partial charge >= 0.3 is 0 Å². The van der Waals surface area contributed by atoms with Crippen LogP contribution in [0.3, 0.4) is 0 Å². The highest BCUT2D eigenvalue weighted by molar-refractivity contribution is 5.78. The zero-order valence-electron chi connectivity index (χ0n) is 13.1. The van der Waals surface area contributed by atoms with Crippen molar-refractivity contribution in [3.8, 4) is 0 Å². The summed E-state index contributed by atoms with van der Waals surface area (Å²) >= 11 is 0. The van der Waals surface area contributed by atoms with Crippen LogP contribution >= 0.6 is 0 Å². The van der Waals surface area contributed by atoms with Crippen LogP contribution in [0.2, 0.25) is 0 Å². The molecule has 24 heavy (non-hydrogen) atoms. The normalized spacial score (nSPS) is 13.4. The number of hydrogen-bond acceptors (Lipinski definition) is 2. The number of carbonyl (C=O) groups is 1. The molecule has 0 spiro atoms. The van der Waals surface area contributed by atoms with Crippen molar-refractivity contribution in [3.05, 3.63) is 71.0 Å². The van der Waals surface area contributed by atoms with E-state index in [2.05, 4.69) is 5.32 Å². The van der Waals surface area contributed by atoms with Crippen molar-refractivity contribution in [2.45, 2.75) is 31.9 Å². The smallest absolute Gasteiger partial charge is 0.224 e. The molecule has 0 heterocycles. The molecule has 2 unspecified atom stereocenters. The molecule has 0 aliphatic carbocycles. The highest BCUT2D eigenvalue weighted by Gasteiger charge is 2.16. The molecule has 0 radical (unpaired) electrons. The van der Waals surface area contributed by atoms with Gasteiger partial charge < -0.3 is 10.4 Å². The summed E-state index contributed by atoms with van der Waals surface area (Å²) in [6, 6.07) is 7.97. The third-order valence-corrected chi connectivity index (χ3v) is 3.60. The van der Waals surface area contributed by atoms with Crippen molar-refractivity contribution >= 4 is 5.91 Å². The van der Waals surface area contributed by atoms with Crippen molar-refractivity contribution < 1.29 is 23.1 Å². The number of halogens is 3. The lowest BCUT2D eigenvalue weighted by atomic mass is 10.0. The summed E-state index contributed by atoms with van der Waals surface area (Å²) in [4.78, 5) is 11.9. The second-order valence-electron chi connectivity index (χ2n) is 5.68. The van der Waals surface area contributed by atoms with Gasteiger partial charge in [0.15, 0.2) is 0 Å². The SMILES string of the molecule is CC(CC(O)c1ccc(F)cc1)NC(=O)Cc1cc(F)ccc1F. The summed E-state index contributed by atoms with van der Waals surface area (Å²) in [6.07, 6.45) is -0.948. The maximum absolute atomic E-state index is 13.5. The highest BCUT2D eigenvalue weighted by atomic mass is 19.1. The van der Waals surface area contributed by atoms with Crippen LogP contribution in [0.5, 0.6) is 0 Å². The fraction of sp³-hybridized carbons (Fsp3) is 0.278. The molecule has 2 N–H and O–H groups in total. The molecule has 0 aliphatic rings. The molecule has 0 aromatic heterocycles. The lowest BCUT2D eigenvalue weighted by Crippen LogP contribution is -2.35. The molecule has 3 nitrogen and oxygen atoms in total. The van der Waals surface area contributed by atoms with Crippen LogP contribution in [-0.2, 0) is 11.2 Å². The lowest BCUT2D eigenvalue weighted by molar-refractivity contribution is -0.121. The van der Waals surface area contributed by atoms with Gasteiger partial charge in [-0.1, -0.05) is 12.1 Å². The minimum atomic E-state index is -0.869. The van der Waals surface area contributed by atoms with E-state index in [0.717, 1.165) is 18.2 Å². The molecule has 0 saturated heterocycles. The van der Waals surface area contributed by atoms with Gasteiger partial charge in [0.1, 0.15) is 17.5 Å². The van der Waals surface area contributed by atoms with Gasteiger partial charge in [0.25, 0.3) is 0 Å². The zero-order valence-corrected chi connectivity index (χ0v) is 13.1. The van der Waals surface area contributed by atoms with Crippen molar-refractivity contribution in [3.63, 3.8) is 0 Å². The number of nitrogens with one attached hydrogen (secondary N) is 1. The maximum atomic E-state index is 13.5. The molecular formula is C18H18F3NO2. The second-order valence-corrected chi connectivity index (χ2v) is 5.68. The molecule has 128 valence electrons. The molecule has 2 aromatic carbocycles. The summed E-state index contributed by atoms with van der Waals surface area (Å²) in [5, 5.41) is 12.7. The van der Waals surface area contributed by atoms with E-state index in [1.807, 2.05) is 0 Å². The summed E-state index contributed by atoms with van der Waals surface area (Å²) in [5.41, 5.74) is 0.507. The Labute approximate surface area is 138 Å². The molecule has 1 amide bonds. The Morgan fingerprint density at radius 3 is 2.38 bits per heavy atom. The average Bonchev–Trinajstić information content (AvgIpc) is 2.51. The maximum Gasteiger partial charge on any atom is 0.224 e. The van der Waals surface area contributed by atoms with E-state index in [0.29, 0.717) is 5.56 Å². The van der Waals surface area contributed by atoms with Gasteiger partial charge in [0, 0.05) is 11.6 Å². The number of aliphatic hydroxyl groups is 1. The lowest BCUT2D eigenvalue weighted by Gasteiger charge is -2.18. The van der Waals surface area contributed by atoms with Gasteiger partial charge in [-0.25, -0.2) is 13.2 Å². The largest absolute Gasteiger partial charge is 0.388 e. The molecule has 6 heteroatoms. The topological polar surface area (TPSA) is 49.3 Å².